The Bertz CT molecular complexity index is 655. The molecule has 0 saturated carbocycles. The van der Waals surface area contributed by atoms with Gasteiger partial charge in [0.15, 0.2) is 17.4 Å². The van der Waals surface area contributed by atoms with Crippen LogP contribution < -0.4 is 4.74 Å². The van der Waals surface area contributed by atoms with Crippen molar-refractivity contribution in [2.24, 2.45) is 0 Å². The SMILES string of the molecule is Cc1cc(Oc2c(F)cc(C(F)(F)F)cc2F)ccc1F. The van der Waals surface area contributed by atoms with Gasteiger partial charge in [0.2, 0.25) is 0 Å². The lowest BCUT2D eigenvalue weighted by Crippen LogP contribution is -2.07. The van der Waals surface area contributed by atoms with Gasteiger partial charge in [0.25, 0.3) is 0 Å². The molecule has 112 valence electrons. The summed E-state index contributed by atoms with van der Waals surface area (Å²) in [5.41, 5.74) is -1.29. The van der Waals surface area contributed by atoms with E-state index in [-0.39, 0.29) is 23.4 Å². The molecular formula is C14H8F6O. The molecule has 2 rings (SSSR count). The minimum absolute atomic E-state index is 0.0912. The summed E-state index contributed by atoms with van der Waals surface area (Å²) in [6.45, 7) is 1.40. The summed E-state index contributed by atoms with van der Waals surface area (Å²) < 4.78 is 82.2. The maximum absolute atomic E-state index is 13.6. The topological polar surface area (TPSA) is 9.23 Å². The molecule has 0 aliphatic carbocycles. The van der Waals surface area contributed by atoms with Gasteiger partial charge in [-0.2, -0.15) is 13.2 Å². The number of alkyl halides is 3. The first-order valence-electron chi connectivity index (χ1n) is 5.68. The van der Waals surface area contributed by atoms with Crippen molar-refractivity contribution in [2.45, 2.75) is 13.1 Å². The molecule has 0 unspecified atom stereocenters. The minimum atomic E-state index is -4.87. The van der Waals surface area contributed by atoms with E-state index >= 15 is 0 Å². The van der Waals surface area contributed by atoms with Gasteiger partial charge >= 0.3 is 6.18 Å². The van der Waals surface area contributed by atoms with Gasteiger partial charge in [-0.3, -0.25) is 0 Å². The van der Waals surface area contributed by atoms with Crippen LogP contribution in [-0.4, -0.2) is 0 Å². The number of aryl methyl sites for hydroxylation is 1. The smallest absolute Gasteiger partial charge is 0.416 e. The van der Waals surface area contributed by atoms with Gasteiger partial charge in [-0.25, -0.2) is 13.2 Å². The Balaban J connectivity index is 2.39. The fourth-order valence-corrected chi connectivity index (χ4v) is 1.62. The molecule has 7 heteroatoms. The number of ether oxygens (including phenoxy) is 1. The fraction of sp³-hybridized carbons (Fsp3) is 0.143. The molecule has 0 N–H and O–H groups in total. The van der Waals surface area contributed by atoms with Crippen molar-refractivity contribution in [1.29, 1.82) is 0 Å². The summed E-state index contributed by atoms with van der Waals surface area (Å²) >= 11 is 0. The van der Waals surface area contributed by atoms with E-state index in [1.54, 1.807) is 0 Å². The molecule has 0 heterocycles. The molecule has 0 bridgehead atoms. The van der Waals surface area contributed by atoms with Gasteiger partial charge < -0.3 is 4.74 Å². The van der Waals surface area contributed by atoms with E-state index in [0.717, 1.165) is 12.1 Å². The summed E-state index contributed by atoms with van der Waals surface area (Å²) in [6, 6.07) is 3.57. The lowest BCUT2D eigenvalue weighted by molar-refractivity contribution is -0.138. The normalized spacial score (nSPS) is 11.6. The molecular weight excluding hydrogens is 298 g/mol. The Kier molecular flexibility index (Phi) is 3.85. The maximum Gasteiger partial charge on any atom is 0.416 e. The van der Waals surface area contributed by atoms with Gasteiger partial charge in [0.05, 0.1) is 5.56 Å². The van der Waals surface area contributed by atoms with Crippen molar-refractivity contribution in [3.8, 4) is 11.5 Å². The van der Waals surface area contributed by atoms with Gasteiger partial charge in [0, 0.05) is 0 Å². The molecule has 1 nitrogen and oxygen atoms in total. The monoisotopic (exact) mass is 306 g/mol. The van der Waals surface area contributed by atoms with Crippen molar-refractivity contribution >= 4 is 0 Å². The Morgan fingerprint density at radius 3 is 1.90 bits per heavy atom. The Labute approximate surface area is 115 Å². The zero-order valence-corrected chi connectivity index (χ0v) is 10.6. The van der Waals surface area contributed by atoms with Crippen LogP contribution in [0, 0.1) is 24.4 Å². The van der Waals surface area contributed by atoms with Crippen LogP contribution >= 0.6 is 0 Å². The predicted octanol–water partition coefficient (Wildman–Crippen LogP) is 5.22. The summed E-state index contributed by atoms with van der Waals surface area (Å²) in [5.74, 6) is -4.61. The zero-order chi connectivity index (χ0) is 15.8. The van der Waals surface area contributed by atoms with Crippen molar-refractivity contribution in [1.82, 2.24) is 0 Å². The lowest BCUT2D eigenvalue weighted by atomic mass is 10.2. The molecule has 0 saturated heterocycles. The van der Waals surface area contributed by atoms with E-state index in [0.29, 0.717) is 0 Å². The summed E-state index contributed by atoms with van der Waals surface area (Å²) in [7, 11) is 0. The predicted molar refractivity (Wildman–Crippen MR) is 62.6 cm³/mol. The van der Waals surface area contributed by atoms with Crippen LogP contribution in [0.15, 0.2) is 30.3 Å². The van der Waals surface area contributed by atoms with Crippen molar-refractivity contribution in [3.05, 3.63) is 58.9 Å². The third-order valence-corrected chi connectivity index (χ3v) is 2.67. The molecule has 0 spiro atoms. The molecule has 2 aromatic carbocycles. The molecule has 0 aliphatic heterocycles. The average molecular weight is 306 g/mol. The second-order valence-electron chi connectivity index (χ2n) is 4.28. The molecule has 0 radical (unpaired) electrons. The molecule has 0 atom stereocenters. The van der Waals surface area contributed by atoms with Crippen molar-refractivity contribution < 1.29 is 31.1 Å². The molecule has 21 heavy (non-hydrogen) atoms. The number of hydrogen-bond acceptors (Lipinski definition) is 1. The Morgan fingerprint density at radius 2 is 1.43 bits per heavy atom. The van der Waals surface area contributed by atoms with Crippen LogP contribution in [0.5, 0.6) is 11.5 Å². The number of halogens is 6. The second-order valence-corrected chi connectivity index (χ2v) is 4.28. The number of benzene rings is 2. The van der Waals surface area contributed by atoms with E-state index in [1.165, 1.54) is 13.0 Å². The third kappa shape index (κ3) is 3.29. The molecule has 0 amide bonds. The summed E-state index contributed by atoms with van der Waals surface area (Å²) in [5, 5.41) is 0. The fourth-order valence-electron chi connectivity index (χ4n) is 1.62. The summed E-state index contributed by atoms with van der Waals surface area (Å²) in [4.78, 5) is 0. The highest BCUT2D eigenvalue weighted by Gasteiger charge is 2.33. The van der Waals surface area contributed by atoms with E-state index in [9.17, 15) is 26.3 Å². The quantitative estimate of drug-likeness (QED) is 0.691. The van der Waals surface area contributed by atoms with Crippen molar-refractivity contribution in [2.75, 3.05) is 0 Å². The largest absolute Gasteiger partial charge is 0.451 e. The maximum atomic E-state index is 13.6. The number of rotatable bonds is 2. The highest BCUT2D eigenvalue weighted by atomic mass is 19.4. The van der Waals surface area contributed by atoms with Crippen LogP contribution in [0.2, 0.25) is 0 Å². The first-order valence-corrected chi connectivity index (χ1v) is 5.68. The van der Waals surface area contributed by atoms with Gasteiger partial charge in [-0.15, -0.1) is 0 Å². The van der Waals surface area contributed by atoms with Crippen LogP contribution in [0.3, 0.4) is 0 Å². The number of hydrogen-bond donors (Lipinski definition) is 0. The second kappa shape index (κ2) is 5.31. The van der Waals surface area contributed by atoms with Gasteiger partial charge in [0.1, 0.15) is 11.6 Å². The Morgan fingerprint density at radius 1 is 0.857 bits per heavy atom. The van der Waals surface area contributed by atoms with Crippen LogP contribution in [-0.2, 0) is 6.18 Å². The lowest BCUT2D eigenvalue weighted by Gasteiger charge is -2.12. The van der Waals surface area contributed by atoms with Crippen molar-refractivity contribution in [3.63, 3.8) is 0 Å². The molecule has 0 aliphatic rings. The average Bonchev–Trinajstić information content (AvgIpc) is 2.36. The third-order valence-electron chi connectivity index (χ3n) is 2.67. The van der Waals surface area contributed by atoms with E-state index in [2.05, 4.69) is 0 Å². The summed E-state index contributed by atoms with van der Waals surface area (Å²) in [6.07, 6.45) is -4.87. The minimum Gasteiger partial charge on any atom is -0.451 e. The van der Waals surface area contributed by atoms with E-state index < -0.39 is 34.9 Å². The Hall–Kier alpha value is -2.18. The first-order chi connectivity index (χ1) is 9.68. The molecule has 0 fully saturated rings. The molecule has 0 aromatic heterocycles. The first kappa shape index (κ1) is 15.2. The highest BCUT2D eigenvalue weighted by Crippen LogP contribution is 2.35. The van der Waals surface area contributed by atoms with Crippen LogP contribution in [0.4, 0.5) is 26.3 Å². The van der Waals surface area contributed by atoms with E-state index in [4.69, 9.17) is 4.74 Å². The van der Waals surface area contributed by atoms with Crippen LogP contribution in [0.25, 0.3) is 0 Å². The van der Waals surface area contributed by atoms with Crippen LogP contribution in [0.1, 0.15) is 11.1 Å². The van der Waals surface area contributed by atoms with Gasteiger partial charge in [-0.1, -0.05) is 0 Å². The highest BCUT2D eigenvalue weighted by molar-refractivity contribution is 5.38. The zero-order valence-electron chi connectivity index (χ0n) is 10.6. The van der Waals surface area contributed by atoms with Gasteiger partial charge in [-0.05, 0) is 42.8 Å². The standard InChI is InChI=1S/C14H8F6O/c1-7-4-9(2-3-10(7)15)21-13-11(16)5-8(6-12(13)17)14(18,19)20/h2-6H,1H3. The van der Waals surface area contributed by atoms with E-state index in [1.807, 2.05) is 0 Å². The molecule has 2 aromatic rings.